The molecule has 22 heavy (non-hydrogen) atoms. The fourth-order valence-corrected chi connectivity index (χ4v) is 3.10. The summed E-state index contributed by atoms with van der Waals surface area (Å²) in [5, 5.41) is 0. The monoisotopic (exact) mass is 298 g/mol. The number of benzene rings is 1. The number of hydrogen-bond acceptors (Lipinski definition) is 6. The van der Waals surface area contributed by atoms with Gasteiger partial charge in [0.15, 0.2) is 0 Å². The number of aryl methyl sites for hydroxylation is 1. The van der Waals surface area contributed by atoms with Gasteiger partial charge in [0.2, 0.25) is 11.9 Å². The Kier molecular flexibility index (Phi) is 3.48. The molecule has 4 N–H and O–H groups in total. The second-order valence-corrected chi connectivity index (χ2v) is 6.53. The van der Waals surface area contributed by atoms with E-state index in [0.717, 1.165) is 13.0 Å². The molecule has 1 aromatic heterocycles. The Morgan fingerprint density at radius 2 is 1.82 bits per heavy atom. The van der Waals surface area contributed by atoms with Crippen molar-refractivity contribution < 1.29 is 0 Å². The first-order valence-electron chi connectivity index (χ1n) is 7.43. The van der Waals surface area contributed by atoms with Crippen molar-refractivity contribution in [2.24, 2.45) is 0 Å². The summed E-state index contributed by atoms with van der Waals surface area (Å²) in [6.45, 7) is 8.15. The van der Waals surface area contributed by atoms with Crippen LogP contribution < -0.4 is 11.5 Å². The number of hydrogen-bond donors (Lipinski definition) is 2. The van der Waals surface area contributed by atoms with Crippen LogP contribution in [0.15, 0.2) is 18.2 Å². The average molecular weight is 298 g/mol. The standard InChI is InChI=1S/C16H22N6/c1-10-5-4-6-11-8-22(16(2,3)7-12(10)11)9-13-19-14(17)21-15(18)20-13/h4-6H,7-9H2,1-3H3,(H4,17,18,19,20,21). The highest BCUT2D eigenvalue weighted by atomic mass is 15.2. The maximum Gasteiger partial charge on any atom is 0.225 e. The molecule has 116 valence electrons. The zero-order valence-electron chi connectivity index (χ0n) is 13.3. The van der Waals surface area contributed by atoms with E-state index in [9.17, 15) is 0 Å². The number of nitrogen functional groups attached to an aromatic ring is 2. The van der Waals surface area contributed by atoms with Crippen molar-refractivity contribution in [3.05, 3.63) is 40.7 Å². The van der Waals surface area contributed by atoms with Crippen molar-refractivity contribution in [1.82, 2.24) is 19.9 Å². The fraction of sp³-hybridized carbons (Fsp3) is 0.438. The van der Waals surface area contributed by atoms with E-state index in [1.807, 2.05) is 0 Å². The van der Waals surface area contributed by atoms with Gasteiger partial charge in [0.25, 0.3) is 0 Å². The van der Waals surface area contributed by atoms with Crippen molar-refractivity contribution in [2.75, 3.05) is 11.5 Å². The molecule has 2 aromatic rings. The van der Waals surface area contributed by atoms with Crippen molar-refractivity contribution >= 4 is 11.9 Å². The highest BCUT2D eigenvalue weighted by molar-refractivity contribution is 5.38. The summed E-state index contributed by atoms with van der Waals surface area (Å²) in [4.78, 5) is 14.6. The zero-order valence-corrected chi connectivity index (χ0v) is 13.3. The van der Waals surface area contributed by atoms with Crippen LogP contribution in [-0.4, -0.2) is 25.4 Å². The second-order valence-electron chi connectivity index (χ2n) is 6.53. The van der Waals surface area contributed by atoms with E-state index in [2.05, 4.69) is 58.8 Å². The summed E-state index contributed by atoms with van der Waals surface area (Å²) < 4.78 is 0. The summed E-state index contributed by atoms with van der Waals surface area (Å²) in [5.41, 5.74) is 15.5. The summed E-state index contributed by atoms with van der Waals surface area (Å²) in [6, 6.07) is 6.49. The number of rotatable bonds is 2. The molecule has 0 amide bonds. The third kappa shape index (κ3) is 2.74. The van der Waals surface area contributed by atoms with Crippen LogP contribution in [0.1, 0.15) is 36.4 Å². The molecule has 1 aromatic carbocycles. The predicted molar refractivity (Wildman–Crippen MR) is 86.9 cm³/mol. The minimum absolute atomic E-state index is 0.0231. The van der Waals surface area contributed by atoms with E-state index < -0.39 is 0 Å². The number of anilines is 2. The number of aromatic nitrogens is 3. The van der Waals surface area contributed by atoms with Gasteiger partial charge in [-0.25, -0.2) is 0 Å². The van der Waals surface area contributed by atoms with Gasteiger partial charge in [0, 0.05) is 12.1 Å². The van der Waals surface area contributed by atoms with Crippen LogP contribution in [0.2, 0.25) is 0 Å². The molecule has 0 fully saturated rings. The Morgan fingerprint density at radius 3 is 2.50 bits per heavy atom. The fourth-order valence-electron chi connectivity index (χ4n) is 3.10. The maximum absolute atomic E-state index is 5.67. The normalized spacial score (nSPS) is 17.2. The van der Waals surface area contributed by atoms with E-state index >= 15 is 0 Å². The molecule has 1 aliphatic heterocycles. The van der Waals surface area contributed by atoms with Crippen molar-refractivity contribution in [3.63, 3.8) is 0 Å². The van der Waals surface area contributed by atoms with Crippen LogP contribution in [0.4, 0.5) is 11.9 Å². The van der Waals surface area contributed by atoms with Gasteiger partial charge >= 0.3 is 0 Å². The third-order valence-corrected chi connectivity index (χ3v) is 4.38. The Balaban J connectivity index is 1.91. The predicted octanol–water partition coefficient (Wildman–Crippen LogP) is 1.68. The van der Waals surface area contributed by atoms with Crippen LogP contribution >= 0.6 is 0 Å². The van der Waals surface area contributed by atoms with Crippen molar-refractivity contribution in [1.29, 1.82) is 0 Å². The van der Waals surface area contributed by atoms with Crippen LogP contribution in [0, 0.1) is 6.92 Å². The minimum Gasteiger partial charge on any atom is -0.368 e. The molecule has 0 radical (unpaired) electrons. The lowest BCUT2D eigenvalue weighted by Gasteiger charge is -2.43. The molecule has 0 saturated carbocycles. The number of fused-ring (bicyclic) bond motifs is 1. The molecule has 3 rings (SSSR count). The van der Waals surface area contributed by atoms with Crippen LogP contribution in [0.25, 0.3) is 0 Å². The summed E-state index contributed by atoms with van der Waals surface area (Å²) in [5.74, 6) is 0.969. The molecule has 0 bridgehead atoms. The molecular formula is C16H22N6. The lowest BCUT2D eigenvalue weighted by molar-refractivity contribution is 0.0857. The van der Waals surface area contributed by atoms with Gasteiger partial charge in [-0.05, 0) is 43.9 Å². The van der Waals surface area contributed by atoms with Gasteiger partial charge in [-0.15, -0.1) is 0 Å². The average Bonchev–Trinajstić information content (AvgIpc) is 2.39. The van der Waals surface area contributed by atoms with E-state index in [0.29, 0.717) is 12.4 Å². The quantitative estimate of drug-likeness (QED) is 0.876. The SMILES string of the molecule is Cc1cccc2c1CC(C)(C)N(Cc1nc(N)nc(N)n1)C2. The molecule has 6 nitrogen and oxygen atoms in total. The van der Waals surface area contributed by atoms with Crippen molar-refractivity contribution in [2.45, 2.75) is 45.8 Å². The summed E-state index contributed by atoms with van der Waals surface area (Å²) in [7, 11) is 0. The molecule has 0 unspecified atom stereocenters. The highest BCUT2D eigenvalue weighted by Crippen LogP contribution is 2.33. The van der Waals surface area contributed by atoms with E-state index in [1.165, 1.54) is 16.7 Å². The molecule has 0 saturated heterocycles. The lowest BCUT2D eigenvalue weighted by atomic mass is 9.83. The smallest absolute Gasteiger partial charge is 0.225 e. The maximum atomic E-state index is 5.67. The van der Waals surface area contributed by atoms with E-state index in [4.69, 9.17) is 11.5 Å². The van der Waals surface area contributed by atoms with Gasteiger partial charge < -0.3 is 11.5 Å². The molecule has 0 spiro atoms. The van der Waals surface area contributed by atoms with Crippen LogP contribution in [-0.2, 0) is 19.5 Å². The van der Waals surface area contributed by atoms with Gasteiger partial charge in [-0.3, -0.25) is 4.90 Å². The molecule has 0 aliphatic carbocycles. The van der Waals surface area contributed by atoms with Gasteiger partial charge in [0.05, 0.1) is 6.54 Å². The first-order chi connectivity index (χ1) is 10.3. The molecule has 0 atom stereocenters. The molecule has 2 heterocycles. The first kappa shape index (κ1) is 14.7. The van der Waals surface area contributed by atoms with Crippen LogP contribution in [0.5, 0.6) is 0 Å². The first-order valence-corrected chi connectivity index (χ1v) is 7.43. The van der Waals surface area contributed by atoms with E-state index in [1.54, 1.807) is 0 Å². The van der Waals surface area contributed by atoms with Crippen molar-refractivity contribution in [3.8, 4) is 0 Å². The minimum atomic E-state index is 0.0231. The Morgan fingerprint density at radius 1 is 1.14 bits per heavy atom. The number of nitrogens with two attached hydrogens (primary N) is 2. The third-order valence-electron chi connectivity index (χ3n) is 4.38. The highest BCUT2D eigenvalue weighted by Gasteiger charge is 2.33. The van der Waals surface area contributed by atoms with Gasteiger partial charge in [-0.1, -0.05) is 18.2 Å². The zero-order chi connectivity index (χ0) is 15.9. The largest absolute Gasteiger partial charge is 0.368 e. The second kappa shape index (κ2) is 5.21. The Hall–Kier alpha value is -2.21. The van der Waals surface area contributed by atoms with Gasteiger partial charge in [-0.2, -0.15) is 15.0 Å². The number of nitrogens with zero attached hydrogens (tertiary/aromatic N) is 4. The topological polar surface area (TPSA) is 94.0 Å². The lowest BCUT2D eigenvalue weighted by Crippen LogP contribution is -2.48. The van der Waals surface area contributed by atoms with E-state index in [-0.39, 0.29) is 17.4 Å². The van der Waals surface area contributed by atoms with Crippen LogP contribution in [0.3, 0.4) is 0 Å². The van der Waals surface area contributed by atoms with Gasteiger partial charge in [0.1, 0.15) is 5.82 Å². The molecule has 6 heteroatoms. The Labute approximate surface area is 130 Å². The summed E-state index contributed by atoms with van der Waals surface area (Å²) >= 11 is 0. The summed E-state index contributed by atoms with van der Waals surface area (Å²) in [6.07, 6.45) is 1.01. The molecular weight excluding hydrogens is 276 g/mol. The molecule has 1 aliphatic rings. The Bertz CT molecular complexity index is 690.